The molecule has 28 heavy (non-hydrogen) atoms. The number of benzene rings is 1. The van der Waals surface area contributed by atoms with Gasteiger partial charge in [-0.25, -0.2) is 13.1 Å². The Balaban J connectivity index is 1.62. The Bertz CT molecular complexity index is 1010. The first-order chi connectivity index (χ1) is 13.3. The van der Waals surface area contributed by atoms with Crippen molar-refractivity contribution < 1.29 is 17.9 Å². The molecule has 152 valence electrons. The fourth-order valence-corrected chi connectivity index (χ4v) is 5.06. The number of para-hydroxylation sites is 2. The molecule has 1 aliphatic heterocycles. The molecule has 1 atom stereocenters. The average molecular weight is 426 g/mol. The lowest BCUT2D eigenvalue weighted by molar-refractivity contribution is -0.122. The molecule has 1 unspecified atom stereocenters. The molecule has 0 spiro atoms. The number of methoxy groups -OCH3 is 1. The number of amides is 1. The minimum atomic E-state index is -3.02. The molecule has 9 nitrogen and oxygen atoms in total. The van der Waals surface area contributed by atoms with Crippen LogP contribution in [0, 0.1) is 4.77 Å². The van der Waals surface area contributed by atoms with Crippen molar-refractivity contribution in [1.29, 1.82) is 0 Å². The lowest BCUT2D eigenvalue weighted by Crippen LogP contribution is -2.42. The molecule has 1 amide bonds. The van der Waals surface area contributed by atoms with Crippen molar-refractivity contribution in [2.24, 2.45) is 0 Å². The van der Waals surface area contributed by atoms with Crippen molar-refractivity contribution in [3.63, 3.8) is 0 Å². The van der Waals surface area contributed by atoms with Gasteiger partial charge in [0, 0.05) is 6.04 Å². The molecule has 0 bridgehead atoms. The van der Waals surface area contributed by atoms with Crippen LogP contribution in [-0.2, 0) is 21.3 Å². The predicted octanol–water partition coefficient (Wildman–Crippen LogP) is 0.604. The van der Waals surface area contributed by atoms with E-state index in [1.807, 2.05) is 24.3 Å². The number of carbonyl (C=O) groups excluding carboxylic acids is 1. The maximum atomic E-state index is 12.2. The van der Waals surface area contributed by atoms with Crippen LogP contribution in [0.25, 0.3) is 5.69 Å². The Labute approximate surface area is 168 Å². The second-order valence-electron chi connectivity index (χ2n) is 6.78. The van der Waals surface area contributed by atoms with Crippen LogP contribution in [0.4, 0.5) is 0 Å². The van der Waals surface area contributed by atoms with E-state index in [4.69, 9.17) is 17.0 Å². The van der Waals surface area contributed by atoms with E-state index in [1.54, 1.807) is 34.6 Å². The Kier molecular flexibility index (Phi) is 6.16. The first-order valence-corrected chi connectivity index (χ1v) is 11.0. The van der Waals surface area contributed by atoms with E-state index in [0.717, 1.165) is 5.69 Å². The van der Waals surface area contributed by atoms with Crippen molar-refractivity contribution in [1.82, 2.24) is 24.6 Å². The van der Waals surface area contributed by atoms with Gasteiger partial charge in [0.1, 0.15) is 12.1 Å². The topological polar surface area (TPSA) is 98.5 Å². The minimum Gasteiger partial charge on any atom is -0.495 e. The SMILES string of the molecule is COc1ccccc1-n1cnn(CN(C)CC(=O)NC2CCS(=O)(=O)C2)c1=S. The number of rotatable bonds is 7. The van der Waals surface area contributed by atoms with Gasteiger partial charge in [-0.2, -0.15) is 5.10 Å². The summed E-state index contributed by atoms with van der Waals surface area (Å²) in [4.78, 5) is 13.9. The summed E-state index contributed by atoms with van der Waals surface area (Å²) in [6.07, 6.45) is 2.07. The minimum absolute atomic E-state index is 0.0107. The monoisotopic (exact) mass is 425 g/mol. The summed E-state index contributed by atoms with van der Waals surface area (Å²) >= 11 is 5.50. The highest BCUT2D eigenvalue weighted by molar-refractivity contribution is 7.91. The van der Waals surface area contributed by atoms with E-state index in [-0.39, 0.29) is 30.0 Å². The Morgan fingerprint density at radius 3 is 2.86 bits per heavy atom. The first kappa shape index (κ1) is 20.5. The number of aromatic nitrogens is 3. The van der Waals surface area contributed by atoms with Crippen molar-refractivity contribution in [3.05, 3.63) is 35.4 Å². The van der Waals surface area contributed by atoms with Gasteiger partial charge in [0.15, 0.2) is 9.84 Å². The number of likely N-dealkylation sites (N-methyl/N-ethyl adjacent to an activating group) is 1. The fourth-order valence-electron chi connectivity index (χ4n) is 3.13. The third kappa shape index (κ3) is 4.78. The van der Waals surface area contributed by atoms with Gasteiger partial charge in [-0.05, 0) is 37.8 Å². The number of sulfone groups is 1. The summed E-state index contributed by atoms with van der Waals surface area (Å²) in [5.74, 6) is 0.595. The molecule has 2 heterocycles. The number of carbonyl (C=O) groups is 1. The number of nitrogens with zero attached hydrogens (tertiary/aromatic N) is 4. The average Bonchev–Trinajstić information content (AvgIpc) is 3.16. The predicted molar refractivity (Wildman–Crippen MR) is 107 cm³/mol. The van der Waals surface area contributed by atoms with Gasteiger partial charge in [-0.15, -0.1) is 0 Å². The van der Waals surface area contributed by atoms with Crippen LogP contribution >= 0.6 is 12.2 Å². The Morgan fingerprint density at radius 2 is 2.18 bits per heavy atom. The quantitative estimate of drug-likeness (QED) is 0.649. The van der Waals surface area contributed by atoms with E-state index in [1.165, 1.54) is 0 Å². The van der Waals surface area contributed by atoms with Crippen LogP contribution in [-0.4, -0.2) is 71.8 Å². The molecule has 3 rings (SSSR count). The van der Waals surface area contributed by atoms with Gasteiger partial charge in [0.25, 0.3) is 0 Å². The largest absolute Gasteiger partial charge is 0.495 e. The normalized spacial score (nSPS) is 18.3. The van der Waals surface area contributed by atoms with Gasteiger partial charge in [0.05, 0.1) is 37.5 Å². The molecule has 0 saturated carbocycles. The standard InChI is InChI=1S/C17H23N5O4S2/c1-20(9-16(23)19-13-7-8-28(24,25)10-13)12-22-17(27)21(11-18-22)14-5-3-4-6-15(14)26-2/h3-6,11,13H,7-10,12H2,1-2H3,(H,19,23). The van der Waals surface area contributed by atoms with E-state index < -0.39 is 9.84 Å². The van der Waals surface area contributed by atoms with Crippen LogP contribution in [0.2, 0.25) is 0 Å². The van der Waals surface area contributed by atoms with Gasteiger partial charge < -0.3 is 10.1 Å². The lowest BCUT2D eigenvalue weighted by Gasteiger charge is -2.18. The van der Waals surface area contributed by atoms with E-state index in [2.05, 4.69) is 10.4 Å². The summed E-state index contributed by atoms with van der Waals surface area (Å²) in [5, 5.41) is 7.08. The summed E-state index contributed by atoms with van der Waals surface area (Å²) in [7, 11) is 0.342. The molecule has 1 aliphatic rings. The molecule has 1 saturated heterocycles. The number of ether oxygens (including phenoxy) is 1. The van der Waals surface area contributed by atoms with Gasteiger partial charge >= 0.3 is 0 Å². The van der Waals surface area contributed by atoms with Crippen LogP contribution in [0.3, 0.4) is 0 Å². The highest BCUT2D eigenvalue weighted by atomic mass is 32.2. The third-order valence-corrected chi connectivity index (χ3v) is 6.64. The maximum Gasteiger partial charge on any atom is 0.234 e. The van der Waals surface area contributed by atoms with Crippen molar-refractivity contribution in [2.75, 3.05) is 32.2 Å². The van der Waals surface area contributed by atoms with Crippen molar-refractivity contribution in [2.45, 2.75) is 19.1 Å². The van der Waals surface area contributed by atoms with Gasteiger partial charge in [-0.3, -0.25) is 14.3 Å². The number of hydrogen-bond donors (Lipinski definition) is 1. The molecule has 1 aromatic carbocycles. The third-order valence-electron chi connectivity index (χ3n) is 4.46. The van der Waals surface area contributed by atoms with Crippen LogP contribution in [0.15, 0.2) is 30.6 Å². The fraction of sp³-hybridized carbons (Fsp3) is 0.471. The van der Waals surface area contributed by atoms with E-state index >= 15 is 0 Å². The van der Waals surface area contributed by atoms with Crippen LogP contribution < -0.4 is 10.1 Å². The highest BCUT2D eigenvalue weighted by Crippen LogP contribution is 2.22. The molecule has 0 radical (unpaired) electrons. The zero-order valence-electron chi connectivity index (χ0n) is 15.7. The smallest absolute Gasteiger partial charge is 0.234 e. The lowest BCUT2D eigenvalue weighted by atomic mass is 10.2. The highest BCUT2D eigenvalue weighted by Gasteiger charge is 2.29. The second-order valence-corrected chi connectivity index (χ2v) is 9.37. The summed E-state index contributed by atoms with van der Waals surface area (Å²) in [6.45, 7) is 0.428. The van der Waals surface area contributed by atoms with E-state index in [0.29, 0.717) is 23.6 Å². The Hall–Kier alpha value is -2.24. The number of nitrogens with one attached hydrogen (secondary N) is 1. The molecular formula is C17H23N5O4S2. The second kappa shape index (κ2) is 8.41. The Morgan fingerprint density at radius 1 is 1.43 bits per heavy atom. The molecular weight excluding hydrogens is 402 g/mol. The summed E-state index contributed by atoms with van der Waals surface area (Å²) in [6, 6.07) is 7.18. The summed E-state index contributed by atoms with van der Waals surface area (Å²) in [5.41, 5.74) is 0.782. The van der Waals surface area contributed by atoms with E-state index in [9.17, 15) is 13.2 Å². The van der Waals surface area contributed by atoms with Crippen molar-refractivity contribution >= 4 is 28.0 Å². The maximum absolute atomic E-state index is 12.2. The van der Waals surface area contributed by atoms with Gasteiger partial charge in [0.2, 0.25) is 10.7 Å². The van der Waals surface area contributed by atoms with Crippen molar-refractivity contribution in [3.8, 4) is 11.4 Å². The zero-order chi connectivity index (χ0) is 20.3. The number of hydrogen-bond acceptors (Lipinski definition) is 7. The molecule has 1 aromatic heterocycles. The van der Waals surface area contributed by atoms with Crippen LogP contribution in [0.5, 0.6) is 5.75 Å². The molecule has 1 N–H and O–H groups in total. The molecule has 11 heteroatoms. The molecule has 1 fully saturated rings. The van der Waals surface area contributed by atoms with Crippen LogP contribution in [0.1, 0.15) is 6.42 Å². The molecule has 0 aliphatic carbocycles. The molecule has 2 aromatic rings. The summed E-state index contributed by atoms with van der Waals surface area (Å²) < 4.78 is 32.2. The first-order valence-electron chi connectivity index (χ1n) is 8.75. The van der Waals surface area contributed by atoms with Gasteiger partial charge in [-0.1, -0.05) is 12.1 Å². The zero-order valence-corrected chi connectivity index (χ0v) is 17.4.